The zero-order valence-electron chi connectivity index (χ0n) is 20.7. The summed E-state index contributed by atoms with van der Waals surface area (Å²) in [7, 11) is 0. The van der Waals surface area contributed by atoms with E-state index in [0.717, 1.165) is 12.1 Å². The molecular formula is C27H32Cl2N4O3. The van der Waals surface area contributed by atoms with E-state index in [1.54, 1.807) is 28.0 Å². The second kappa shape index (κ2) is 11.1. The molecule has 4 rings (SSSR count). The molecule has 2 heterocycles. The highest BCUT2D eigenvalue weighted by Gasteiger charge is 2.54. The largest absolute Gasteiger partial charge is 0.354 e. The molecule has 9 heteroatoms. The second-order valence-corrected chi connectivity index (χ2v) is 10.5. The zero-order chi connectivity index (χ0) is 25.9. The number of halogens is 2. The number of likely N-dealkylation sites (tertiary alicyclic amines) is 1. The molecule has 0 radical (unpaired) electrons. The number of hydrogen-bond acceptors (Lipinski definition) is 4. The van der Waals surface area contributed by atoms with Crippen LogP contribution in [-0.4, -0.2) is 65.9 Å². The summed E-state index contributed by atoms with van der Waals surface area (Å²) in [6.45, 7) is 5.91. The van der Waals surface area contributed by atoms with Crippen LogP contribution in [0.4, 0.5) is 5.69 Å². The maximum Gasteiger partial charge on any atom is 0.255 e. The summed E-state index contributed by atoms with van der Waals surface area (Å²) >= 11 is 12.3. The Hall–Kier alpha value is -2.77. The van der Waals surface area contributed by atoms with E-state index in [0.29, 0.717) is 60.7 Å². The fourth-order valence-corrected chi connectivity index (χ4v) is 5.39. The lowest BCUT2D eigenvalue weighted by Crippen LogP contribution is -2.57. The number of hydrogen-bond donors (Lipinski definition) is 1. The van der Waals surface area contributed by atoms with Crippen LogP contribution in [0.3, 0.4) is 0 Å². The van der Waals surface area contributed by atoms with Gasteiger partial charge in [-0.3, -0.25) is 14.4 Å². The molecule has 1 N–H and O–H groups in total. The number of anilines is 1. The van der Waals surface area contributed by atoms with E-state index in [9.17, 15) is 14.4 Å². The lowest BCUT2D eigenvalue weighted by molar-refractivity contribution is -0.137. The van der Waals surface area contributed by atoms with Gasteiger partial charge in [0.05, 0.1) is 17.3 Å². The first kappa shape index (κ1) is 26.3. The van der Waals surface area contributed by atoms with E-state index in [1.165, 1.54) is 0 Å². The van der Waals surface area contributed by atoms with Crippen LogP contribution in [-0.2, 0) is 9.59 Å². The van der Waals surface area contributed by atoms with E-state index in [2.05, 4.69) is 24.1 Å². The number of carbonyl (C=O) groups is 3. The Morgan fingerprint density at radius 1 is 1.08 bits per heavy atom. The van der Waals surface area contributed by atoms with Crippen molar-refractivity contribution in [1.82, 2.24) is 15.1 Å². The maximum absolute atomic E-state index is 13.8. The summed E-state index contributed by atoms with van der Waals surface area (Å²) in [6, 6.07) is 14.6. The fraction of sp³-hybridized carbons (Fsp3) is 0.444. The van der Waals surface area contributed by atoms with Crippen molar-refractivity contribution in [2.45, 2.75) is 38.6 Å². The van der Waals surface area contributed by atoms with Gasteiger partial charge in [0, 0.05) is 30.3 Å². The number of amides is 3. The summed E-state index contributed by atoms with van der Waals surface area (Å²) in [5, 5.41) is 3.73. The minimum Gasteiger partial charge on any atom is -0.354 e. The van der Waals surface area contributed by atoms with E-state index >= 15 is 0 Å². The topological polar surface area (TPSA) is 73.0 Å². The minimum absolute atomic E-state index is 0.0172. The van der Waals surface area contributed by atoms with Gasteiger partial charge in [0.1, 0.15) is 12.1 Å². The molecular weight excluding hydrogens is 499 g/mol. The Balaban J connectivity index is 1.51. The molecule has 0 bridgehead atoms. The average molecular weight is 531 g/mol. The molecule has 36 heavy (non-hydrogen) atoms. The molecule has 0 aliphatic carbocycles. The molecule has 3 amide bonds. The van der Waals surface area contributed by atoms with Crippen LogP contribution in [0.5, 0.6) is 0 Å². The maximum atomic E-state index is 13.8. The molecule has 7 nitrogen and oxygen atoms in total. The summed E-state index contributed by atoms with van der Waals surface area (Å²) in [4.78, 5) is 45.1. The van der Waals surface area contributed by atoms with Crippen LogP contribution < -0.4 is 10.2 Å². The van der Waals surface area contributed by atoms with Crippen LogP contribution in [0.25, 0.3) is 0 Å². The van der Waals surface area contributed by atoms with E-state index < -0.39 is 5.54 Å². The van der Waals surface area contributed by atoms with Gasteiger partial charge in [-0.1, -0.05) is 61.7 Å². The van der Waals surface area contributed by atoms with E-state index in [-0.39, 0.29) is 24.3 Å². The molecule has 0 saturated carbocycles. The van der Waals surface area contributed by atoms with Crippen molar-refractivity contribution in [3.8, 4) is 0 Å². The van der Waals surface area contributed by atoms with Gasteiger partial charge < -0.3 is 20.0 Å². The van der Waals surface area contributed by atoms with Crippen LogP contribution >= 0.6 is 23.2 Å². The van der Waals surface area contributed by atoms with Gasteiger partial charge in [-0.15, -0.1) is 0 Å². The van der Waals surface area contributed by atoms with Gasteiger partial charge in [-0.05, 0) is 49.1 Å². The normalized spacial score (nSPS) is 18.0. The van der Waals surface area contributed by atoms with Crippen LogP contribution in [0.2, 0.25) is 10.0 Å². The Labute approximate surface area is 222 Å². The third-order valence-corrected chi connectivity index (χ3v) is 7.85. The van der Waals surface area contributed by atoms with Gasteiger partial charge in [-0.25, -0.2) is 0 Å². The van der Waals surface area contributed by atoms with Crippen molar-refractivity contribution < 1.29 is 14.4 Å². The third kappa shape index (κ3) is 5.32. The molecule has 1 unspecified atom stereocenters. The number of nitrogens with one attached hydrogen (secondary N) is 1. The van der Waals surface area contributed by atoms with E-state index in [1.807, 2.05) is 30.3 Å². The molecule has 192 valence electrons. The van der Waals surface area contributed by atoms with Crippen LogP contribution in [0.15, 0.2) is 48.5 Å². The predicted molar refractivity (Wildman–Crippen MR) is 142 cm³/mol. The van der Waals surface area contributed by atoms with Crippen molar-refractivity contribution in [1.29, 1.82) is 0 Å². The van der Waals surface area contributed by atoms with Gasteiger partial charge in [0.2, 0.25) is 5.91 Å². The van der Waals surface area contributed by atoms with Crippen molar-refractivity contribution >= 4 is 46.6 Å². The summed E-state index contributed by atoms with van der Waals surface area (Å²) in [6.07, 6.45) is 1.90. The first-order chi connectivity index (χ1) is 17.2. The van der Waals surface area contributed by atoms with Crippen LogP contribution in [0.1, 0.15) is 43.5 Å². The molecule has 2 saturated heterocycles. The number of piperidine rings is 1. The highest BCUT2D eigenvalue weighted by Crippen LogP contribution is 2.40. The van der Waals surface area contributed by atoms with Gasteiger partial charge in [0.15, 0.2) is 0 Å². The van der Waals surface area contributed by atoms with Gasteiger partial charge >= 0.3 is 0 Å². The minimum atomic E-state index is -0.807. The van der Waals surface area contributed by atoms with Crippen molar-refractivity contribution in [2.75, 3.05) is 37.7 Å². The molecule has 2 aliphatic heterocycles. The Kier molecular flexibility index (Phi) is 8.10. The molecule has 2 fully saturated rings. The van der Waals surface area contributed by atoms with Gasteiger partial charge in [-0.2, -0.15) is 0 Å². The Morgan fingerprint density at radius 2 is 1.78 bits per heavy atom. The van der Waals surface area contributed by atoms with E-state index in [4.69, 9.17) is 23.2 Å². The van der Waals surface area contributed by atoms with Crippen molar-refractivity contribution in [2.24, 2.45) is 5.92 Å². The molecule has 1 atom stereocenters. The fourth-order valence-electron chi connectivity index (χ4n) is 4.90. The third-order valence-electron chi connectivity index (χ3n) is 7.30. The number of para-hydroxylation sites is 1. The Morgan fingerprint density at radius 3 is 2.42 bits per heavy atom. The first-order valence-electron chi connectivity index (χ1n) is 12.4. The molecule has 2 aromatic carbocycles. The molecule has 2 aromatic rings. The SMILES string of the molecule is CCC(C)CNC(=O)CN1CN(c2ccccc2)C2(CCN(C(=O)c3ccc(Cl)cc3Cl)CC2)C1=O. The first-order valence-corrected chi connectivity index (χ1v) is 13.1. The summed E-state index contributed by atoms with van der Waals surface area (Å²) in [5.74, 6) is -0.0173. The van der Waals surface area contributed by atoms with Crippen molar-refractivity contribution in [3.63, 3.8) is 0 Å². The molecule has 2 aliphatic rings. The smallest absolute Gasteiger partial charge is 0.255 e. The Bertz CT molecular complexity index is 1120. The number of rotatable bonds is 7. The quantitative estimate of drug-likeness (QED) is 0.574. The standard InChI is InChI=1S/C27H32Cl2N4O3/c1-3-19(2)16-30-24(34)17-32-18-33(21-7-5-4-6-8-21)27(26(32)36)11-13-31(14-12-27)25(35)22-10-9-20(28)15-23(22)29/h4-10,15,19H,3,11-14,16-18H2,1-2H3,(H,30,34). The average Bonchev–Trinajstić information content (AvgIpc) is 3.14. The molecule has 0 aromatic heterocycles. The number of nitrogens with zero attached hydrogens (tertiary/aromatic N) is 3. The predicted octanol–water partition coefficient (Wildman–Crippen LogP) is 4.44. The van der Waals surface area contributed by atoms with Crippen molar-refractivity contribution in [3.05, 3.63) is 64.1 Å². The highest BCUT2D eigenvalue weighted by molar-refractivity contribution is 6.36. The lowest BCUT2D eigenvalue weighted by Gasteiger charge is -2.43. The number of benzene rings is 2. The highest BCUT2D eigenvalue weighted by atomic mass is 35.5. The number of carbonyl (C=O) groups excluding carboxylic acids is 3. The zero-order valence-corrected chi connectivity index (χ0v) is 22.2. The second-order valence-electron chi connectivity index (χ2n) is 9.67. The monoisotopic (exact) mass is 530 g/mol. The van der Waals surface area contributed by atoms with Gasteiger partial charge in [0.25, 0.3) is 11.8 Å². The summed E-state index contributed by atoms with van der Waals surface area (Å²) in [5.41, 5.74) is 0.516. The lowest BCUT2D eigenvalue weighted by atomic mass is 9.85. The molecule has 1 spiro atoms. The van der Waals surface area contributed by atoms with Crippen LogP contribution in [0, 0.1) is 5.92 Å². The summed E-state index contributed by atoms with van der Waals surface area (Å²) < 4.78 is 0.